The second-order valence-corrected chi connectivity index (χ2v) is 19.5. The summed E-state index contributed by atoms with van der Waals surface area (Å²) in [6.07, 6.45) is 18.6. The van der Waals surface area contributed by atoms with E-state index in [1.54, 1.807) is 6.92 Å². The normalized spacial score (nSPS) is 17.6. The van der Waals surface area contributed by atoms with Crippen LogP contribution >= 0.6 is 21.0 Å². The first-order valence-electron chi connectivity index (χ1n) is 18.6. The summed E-state index contributed by atoms with van der Waals surface area (Å²) in [5.74, 6) is 0.0272. The number of carbonyl (C=O) groups is 1. The molecule has 2 heterocycles. The summed E-state index contributed by atoms with van der Waals surface area (Å²) in [5, 5.41) is 4.93. The van der Waals surface area contributed by atoms with Crippen LogP contribution in [-0.4, -0.2) is 41.1 Å². The fraction of sp³-hybridized carbons (Fsp3) is 0.333. The van der Waals surface area contributed by atoms with E-state index in [1.165, 1.54) is 47.6 Å². The lowest BCUT2D eigenvalue weighted by Crippen LogP contribution is -2.34. The number of carbonyl (C=O) groups excluding carboxylic acids is 1. The van der Waals surface area contributed by atoms with E-state index in [0.29, 0.717) is 25.8 Å². The number of hydrogen-bond donors (Lipinski definition) is 1. The Bertz CT molecular complexity index is 2280. The summed E-state index contributed by atoms with van der Waals surface area (Å²) in [6, 6.07) is 26.1. The highest BCUT2D eigenvalue weighted by molar-refractivity contribution is 14.2. The van der Waals surface area contributed by atoms with Gasteiger partial charge in [0.2, 0.25) is 0 Å². The Balaban J connectivity index is 1.23. The van der Waals surface area contributed by atoms with Crippen molar-refractivity contribution in [3.05, 3.63) is 132 Å². The van der Waals surface area contributed by atoms with Crippen LogP contribution in [0.15, 0.2) is 121 Å². The van der Waals surface area contributed by atoms with E-state index in [0.717, 1.165) is 25.1 Å². The Morgan fingerprint density at radius 1 is 0.717 bits per heavy atom. The van der Waals surface area contributed by atoms with Crippen molar-refractivity contribution >= 4 is 73.3 Å². The van der Waals surface area contributed by atoms with Crippen LogP contribution in [0.3, 0.4) is 0 Å². The smallest absolute Gasteiger partial charge is 0.264 e. The van der Waals surface area contributed by atoms with Crippen LogP contribution in [-0.2, 0) is 25.7 Å². The van der Waals surface area contributed by atoms with Crippen molar-refractivity contribution in [3.8, 4) is 0 Å². The van der Waals surface area contributed by atoms with E-state index < -0.39 is 31.1 Å². The fourth-order valence-corrected chi connectivity index (χ4v) is 11.4. The summed E-state index contributed by atoms with van der Waals surface area (Å²) in [5.41, 5.74) is 5.98. The Hall–Kier alpha value is -3.86. The van der Waals surface area contributed by atoms with E-state index in [2.05, 4.69) is 151 Å². The van der Waals surface area contributed by atoms with E-state index in [-0.39, 0.29) is 22.4 Å². The molecule has 6 rings (SSSR count). The molecule has 4 aromatic carbocycles. The molecule has 0 amide bonds. The Morgan fingerprint density at radius 3 is 1.96 bits per heavy atom. The number of anilines is 2. The van der Waals surface area contributed by atoms with Gasteiger partial charge in [0, 0.05) is 71.3 Å². The van der Waals surface area contributed by atoms with Crippen molar-refractivity contribution in [2.75, 3.05) is 26.9 Å². The number of fused-ring (bicyclic) bond motifs is 6. The summed E-state index contributed by atoms with van der Waals surface area (Å²) >= 11 is -0.442. The van der Waals surface area contributed by atoms with Gasteiger partial charge in [0.25, 0.3) is 10.1 Å². The van der Waals surface area contributed by atoms with Crippen molar-refractivity contribution < 1.29 is 17.8 Å². The first-order valence-corrected chi connectivity index (χ1v) is 22.2. The second-order valence-electron chi connectivity index (χ2n) is 15.1. The molecule has 0 fully saturated rings. The largest absolute Gasteiger partial charge is 0.343 e. The van der Waals surface area contributed by atoms with Crippen molar-refractivity contribution in [2.24, 2.45) is 0 Å². The van der Waals surface area contributed by atoms with Gasteiger partial charge in [0.05, 0.1) is 17.1 Å². The zero-order chi connectivity index (χ0) is 37.8. The maximum Gasteiger partial charge on any atom is 0.264 e. The number of unbranched alkanes of at least 4 members (excludes halogenated alkanes) is 2. The number of hydrogen-bond acceptors (Lipinski definition) is 5. The predicted molar refractivity (Wildman–Crippen MR) is 233 cm³/mol. The summed E-state index contributed by atoms with van der Waals surface area (Å²) in [4.78, 5) is 14.0. The molecule has 0 radical (unpaired) electrons. The van der Waals surface area contributed by atoms with E-state index in [9.17, 15) is 17.8 Å². The molecule has 6 nitrogen and oxygen atoms in total. The third kappa shape index (κ3) is 8.60. The zero-order valence-corrected chi connectivity index (χ0v) is 34.5. The minimum absolute atomic E-state index is 0.0921. The minimum Gasteiger partial charge on any atom is -0.343 e. The van der Waals surface area contributed by atoms with Gasteiger partial charge in [-0.05, 0) is 60.6 Å². The second kappa shape index (κ2) is 16.2. The average Bonchev–Trinajstić information content (AvgIpc) is 3.33. The molecular weight excluding hydrogens is 791 g/mol. The standard InChI is InChI=1S/C45H51IN2O4S/c1-33(49)19-15-16-31-48-43-37-23-14-12-21-35(37)27-29-39(43)44(2,3)40(46-48)24-9-7-6-8-10-25-41-45(4,5)38-28-26-34-20-11-13-22-36(34)42(38)47(41)30-17-18-32-53(50,51)52/h6-14,20-29H,15-19,30-32H2,1-5H3,(H,50,51,52)/b7-6+,10-8+,24-9+,41-25+. The molecule has 4 aromatic rings. The Morgan fingerprint density at radius 2 is 1.30 bits per heavy atom. The van der Waals surface area contributed by atoms with Gasteiger partial charge in [-0.3, -0.25) is 4.55 Å². The lowest BCUT2D eigenvalue weighted by molar-refractivity contribution is -0.117. The molecule has 1 N–H and O–H groups in total. The Kier molecular flexibility index (Phi) is 11.9. The molecule has 0 saturated carbocycles. The molecule has 0 bridgehead atoms. The van der Waals surface area contributed by atoms with Crippen molar-refractivity contribution in [2.45, 2.75) is 77.6 Å². The first kappa shape index (κ1) is 38.9. The van der Waals surface area contributed by atoms with Crippen LogP contribution in [0, 0.1) is 0 Å². The van der Waals surface area contributed by atoms with Crippen LogP contribution in [0.5, 0.6) is 0 Å². The maximum atomic E-state index is 11.6. The van der Waals surface area contributed by atoms with E-state index in [4.69, 9.17) is 0 Å². The lowest BCUT2D eigenvalue weighted by Gasteiger charge is -2.38. The van der Waals surface area contributed by atoms with Crippen LogP contribution in [0.1, 0.15) is 77.8 Å². The number of allylic oxidation sites excluding steroid dienone is 8. The van der Waals surface area contributed by atoms with E-state index >= 15 is 0 Å². The van der Waals surface area contributed by atoms with Gasteiger partial charge in [-0.15, -0.1) is 0 Å². The minimum atomic E-state index is -3.99. The number of Topliss-reactive ketones (excluding diaryl/α,β-unsaturated/α-hetero) is 1. The van der Waals surface area contributed by atoms with Crippen LogP contribution in [0.4, 0.5) is 11.4 Å². The number of ketones is 1. The molecule has 2 aliphatic heterocycles. The monoisotopic (exact) mass is 842 g/mol. The average molecular weight is 843 g/mol. The van der Waals surface area contributed by atoms with Gasteiger partial charge in [0.15, 0.2) is 0 Å². The highest BCUT2D eigenvalue weighted by Crippen LogP contribution is 2.51. The van der Waals surface area contributed by atoms with Crippen LogP contribution in [0.25, 0.3) is 21.5 Å². The van der Waals surface area contributed by atoms with Crippen molar-refractivity contribution in [3.63, 3.8) is 0 Å². The number of nitrogens with zero attached hydrogens (tertiary/aromatic N) is 2. The van der Waals surface area contributed by atoms with Crippen LogP contribution in [0.2, 0.25) is 0 Å². The molecule has 0 aromatic heterocycles. The topological polar surface area (TPSA) is 77.9 Å². The highest BCUT2D eigenvalue weighted by atomic mass is 127. The third-order valence-electron chi connectivity index (χ3n) is 10.5. The summed E-state index contributed by atoms with van der Waals surface area (Å²) < 4.78 is 36.2. The van der Waals surface area contributed by atoms with E-state index in [1.807, 2.05) is 0 Å². The molecule has 8 heteroatoms. The maximum absolute atomic E-state index is 11.6. The fourth-order valence-electron chi connectivity index (χ4n) is 7.63. The predicted octanol–water partition coefficient (Wildman–Crippen LogP) is 10.9. The van der Waals surface area contributed by atoms with Gasteiger partial charge in [-0.25, -0.2) is 0 Å². The van der Waals surface area contributed by atoms with Gasteiger partial charge < -0.3 is 12.8 Å². The lowest BCUT2D eigenvalue weighted by atomic mass is 9.79. The number of halogens is 1. The van der Waals surface area contributed by atoms with Crippen molar-refractivity contribution in [1.29, 1.82) is 0 Å². The first-order chi connectivity index (χ1) is 25.3. The third-order valence-corrected chi connectivity index (χ3v) is 15.1. The molecule has 0 aliphatic carbocycles. The van der Waals surface area contributed by atoms with Gasteiger partial charge in [-0.2, -0.15) is 8.42 Å². The van der Waals surface area contributed by atoms with Crippen molar-refractivity contribution in [1.82, 2.24) is 0 Å². The van der Waals surface area contributed by atoms with Gasteiger partial charge in [0.1, 0.15) is 5.78 Å². The molecule has 0 spiro atoms. The summed E-state index contributed by atoms with van der Waals surface area (Å²) in [6.45, 7) is 12.5. The molecule has 2 aliphatic rings. The summed E-state index contributed by atoms with van der Waals surface area (Å²) in [7, 11) is -3.99. The Labute approximate surface area is 325 Å². The molecule has 0 unspecified atom stereocenters. The van der Waals surface area contributed by atoms with Crippen LogP contribution < -0.4 is 8.01 Å². The number of rotatable bonds is 14. The molecular formula is C45H51IN2O4S. The highest BCUT2D eigenvalue weighted by Gasteiger charge is 2.40. The molecule has 53 heavy (non-hydrogen) atoms. The molecule has 0 atom stereocenters. The zero-order valence-electron chi connectivity index (χ0n) is 31.5. The SMILES string of the molecule is CC(=O)CCCCN1I=C(/C=C/C=C/C=C/C=C2/N(CCCCS(=O)(=O)O)c3c(ccc4ccccc34)C2(C)C)C(C)(C)c2ccc3ccccc3c21. The molecule has 0 saturated heterocycles. The van der Waals surface area contributed by atoms with Gasteiger partial charge >= 0.3 is 0 Å². The molecule has 278 valence electrons. The van der Waals surface area contributed by atoms with Gasteiger partial charge in [-0.1, -0.05) is 137 Å². The quantitative estimate of drug-likeness (QED) is 0.0448. The number of benzene rings is 4.